The third-order valence-electron chi connectivity index (χ3n) is 8.31. The molecule has 1 aromatic rings. The number of ether oxygens (including phenoxy) is 2. The van der Waals surface area contributed by atoms with Crippen molar-refractivity contribution in [1.82, 2.24) is 4.90 Å². The molecule has 0 radical (unpaired) electrons. The summed E-state index contributed by atoms with van der Waals surface area (Å²) in [6.45, 7) is 0.734. The van der Waals surface area contributed by atoms with Crippen molar-refractivity contribution in [1.29, 1.82) is 0 Å². The van der Waals surface area contributed by atoms with Crippen LogP contribution in [0.15, 0.2) is 12.1 Å². The van der Waals surface area contributed by atoms with E-state index in [4.69, 9.17) is 9.47 Å². The SMILES string of the molecule is COc1ccc2c3c1O[C@H]1CCCC4(O)[C@@H](C2)N(C(=O)C2CCC2)CC[C@]314. The van der Waals surface area contributed by atoms with E-state index in [1.807, 2.05) is 11.0 Å². The van der Waals surface area contributed by atoms with E-state index in [-0.39, 0.29) is 29.4 Å². The van der Waals surface area contributed by atoms with Gasteiger partial charge >= 0.3 is 0 Å². The van der Waals surface area contributed by atoms with Gasteiger partial charge in [0.1, 0.15) is 6.10 Å². The van der Waals surface area contributed by atoms with Crippen molar-refractivity contribution < 1.29 is 19.4 Å². The molecule has 1 aromatic carbocycles. The summed E-state index contributed by atoms with van der Waals surface area (Å²) in [4.78, 5) is 15.2. The lowest BCUT2D eigenvalue weighted by Crippen LogP contribution is -2.76. The Morgan fingerprint density at radius 3 is 2.85 bits per heavy atom. The second-order valence-electron chi connectivity index (χ2n) is 9.15. The highest BCUT2D eigenvalue weighted by Gasteiger charge is 2.71. The maximum atomic E-state index is 13.2. The molecule has 144 valence electrons. The van der Waals surface area contributed by atoms with Crippen LogP contribution >= 0.6 is 0 Å². The van der Waals surface area contributed by atoms with Gasteiger partial charge in [0.05, 0.1) is 24.2 Å². The van der Waals surface area contributed by atoms with Gasteiger partial charge in [-0.25, -0.2) is 0 Å². The molecule has 2 bridgehead atoms. The minimum absolute atomic E-state index is 0.00921. The predicted molar refractivity (Wildman–Crippen MR) is 99.1 cm³/mol. The fourth-order valence-corrected chi connectivity index (χ4v) is 6.84. The molecule has 2 aliphatic heterocycles. The molecule has 3 fully saturated rings. The second kappa shape index (κ2) is 5.19. The molecule has 5 aliphatic rings. The number of nitrogens with zero attached hydrogens (tertiary/aromatic N) is 1. The zero-order valence-electron chi connectivity index (χ0n) is 15.9. The first-order valence-corrected chi connectivity index (χ1v) is 10.5. The molecule has 6 rings (SSSR count). The highest BCUT2D eigenvalue weighted by Crippen LogP contribution is 2.65. The van der Waals surface area contributed by atoms with Crippen LogP contribution < -0.4 is 9.47 Å². The van der Waals surface area contributed by atoms with Crippen molar-refractivity contribution in [2.45, 2.75) is 74.5 Å². The van der Waals surface area contributed by atoms with E-state index in [9.17, 15) is 9.90 Å². The summed E-state index contributed by atoms with van der Waals surface area (Å²) in [6.07, 6.45) is 7.33. The van der Waals surface area contributed by atoms with Gasteiger partial charge in [-0.3, -0.25) is 4.79 Å². The molecule has 1 spiro atoms. The highest BCUT2D eigenvalue weighted by molar-refractivity contribution is 5.81. The van der Waals surface area contributed by atoms with Crippen molar-refractivity contribution in [2.75, 3.05) is 13.7 Å². The highest BCUT2D eigenvalue weighted by atomic mass is 16.5. The van der Waals surface area contributed by atoms with Crippen molar-refractivity contribution in [2.24, 2.45) is 5.92 Å². The molecule has 2 heterocycles. The third-order valence-corrected chi connectivity index (χ3v) is 8.31. The largest absolute Gasteiger partial charge is 0.493 e. The number of carbonyl (C=O) groups excluding carboxylic acids is 1. The number of benzene rings is 1. The summed E-state index contributed by atoms with van der Waals surface area (Å²) in [5.74, 6) is 2.06. The lowest BCUT2D eigenvalue weighted by molar-refractivity contribution is -0.194. The first kappa shape index (κ1) is 16.2. The van der Waals surface area contributed by atoms with Crippen LogP contribution in [0.5, 0.6) is 11.5 Å². The topological polar surface area (TPSA) is 59.0 Å². The number of piperidine rings is 1. The Kier molecular flexibility index (Phi) is 3.12. The number of likely N-dealkylation sites (tertiary alicyclic amines) is 1. The Morgan fingerprint density at radius 1 is 1.26 bits per heavy atom. The van der Waals surface area contributed by atoms with Crippen LogP contribution in [-0.4, -0.2) is 47.3 Å². The van der Waals surface area contributed by atoms with E-state index in [0.717, 1.165) is 69.4 Å². The fourth-order valence-electron chi connectivity index (χ4n) is 6.84. The number of aliphatic hydroxyl groups is 1. The average molecular weight is 369 g/mol. The molecule has 1 amide bonds. The maximum absolute atomic E-state index is 13.2. The smallest absolute Gasteiger partial charge is 0.226 e. The zero-order chi connectivity index (χ0) is 18.4. The number of amides is 1. The Hall–Kier alpha value is -1.75. The van der Waals surface area contributed by atoms with E-state index in [0.29, 0.717) is 0 Å². The summed E-state index contributed by atoms with van der Waals surface area (Å²) in [7, 11) is 1.68. The van der Waals surface area contributed by atoms with Crippen molar-refractivity contribution >= 4 is 5.91 Å². The van der Waals surface area contributed by atoms with E-state index in [1.165, 1.54) is 11.1 Å². The predicted octanol–water partition coefficient (Wildman–Crippen LogP) is 2.57. The van der Waals surface area contributed by atoms with Gasteiger partial charge in [-0.2, -0.15) is 0 Å². The lowest BCUT2D eigenvalue weighted by atomic mass is 9.49. The monoisotopic (exact) mass is 369 g/mol. The van der Waals surface area contributed by atoms with Crippen molar-refractivity contribution in [3.63, 3.8) is 0 Å². The molecule has 5 heteroatoms. The van der Waals surface area contributed by atoms with E-state index in [1.54, 1.807) is 7.11 Å². The lowest BCUT2D eigenvalue weighted by Gasteiger charge is -2.63. The van der Waals surface area contributed by atoms with Crippen LogP contribution in [0.25, 0.3) is 0 Å². The van der Waals surface area contributed by atoms with Gasteiger partial charge in [-0.15, -0.1) is 0 Å². The molecule has 1 unspecified atom stereocenters. The minimum atomic E-state index is -0.891. The number of rotatable bonds is 2. The minimum Gasteiger partial charge on any atom is -0.493 e. The van der Waals surface area contributed by atoms with Gasteiger partial charge in [-0.05, 0) is 56.6 Å². The molecular formula is C22H27NO4. The molecule has 1 N–H and O–H groups in total. The van der Waals surface area contributed by atoms with Gasteiger partial charge < -0.3 is 19.5 Å². The van der Waals surface area contributed by atoms with Gasteiger partial charge in [0, 0.05) is 18.0 Å². The van der Waals surface area contributed by atoms with Crippen molar-refractivity contribution in [3.05, 3.63) is 23.3 Å². The Labute approximate surface area is 159 Å². The summed E-state index contributed by atoms with van der Waals surface area (Å²) in [5.41, 5.74) is 1.14. The Morgan fingerprint density at radius 2 is 2.11 bits per heavy atom. The second-order valence-corrected chi connectivity index (χ2v) is 9.15. The molecule has 5 nitrogen and oxygen atoms in total. The summed E-state index contributed by atoms with van der Waals surface area (Å²) >= 11 is 0. The Balaban J connectivity index is 1.53. The summed E-state index contributed by atoms with van der Waals surface area (Å²) in [6, 6.07) is 3.99. The third kappa shape index (κ3) is 1.73. The first-order valence-electron chi connectivity index (χ1n) is 10.5. The van der Waals surface area contributed by atoms with E-state index in [2.05, 4.69) is 6.07 Å². The van der Waals surface area contributed by atoms with Gasteiger partial charge in [-0.1, -0.05) is 12.5 Å². The quantitative estimate of drug-likeness (QED) is 0.870. The van der Waals surface area contributed by atoms with Crippen LogP contribution in [0.3, 0.4) is 0 Å². The fraction of sp³-hybridized carbons (Fsp3) is 0.682. The summed E-state index contributed by atoms with van der Waals surface area (Å²) < 4.78 is 12.0. The molecular weight excluding hydrogens is 342 g/mol. The van der Waals surface area contributed by atoms with Crippen molar-refractivity contribution in [3.8, 4) is 11.5 Å². The van der Waals surface area contributed by atoms with E-state index >= 15 is 0 Å². The average Bonchev–Trinajstić information content (AvgIpc) is 2.94. The normalized spacial score (nSPS) is 38.7. The van der Waals surface area contributed by atoms with Crippen LogP contribution in [0.2, 0.25) is 0 Å². The zero-order valence-corrected chi connectivity index (χ0v) is 15.9. The molecule has 3 aliphatic carbocycles. The number of hydrogen-bond acceptors (Lipinski definition) is 4. The summed E-state index contributed by atoms with van der Waals surface area (Å²) in [5, 5.41) is 12.2. The molecule has 27 heavy (non-hydrogen) atoms. The Bertz CT molecular complexity index is 834. The maximum Gasteiger partial charge on any atom is 0.226 e. The van der Waals surface area contributed by atoms with Gasteiger partial charge in [0.2, 0.25) is 5.91 Å². The van der Waals surface area contributed by atoms with Gasteiger partial charge in [0.15, 0.2) is 11.5 Å². The van der Waals surface area contributed by atoms with Crippen LogP contribution in [0.4, 0.5) is 0 Å². The molecule has 1 saturated heterocycles. The molecule has 4 atom stereocenters. The number of carbonyl (C=O) groups is 1. The standard InChI is InChI=1S/C22H27NO4/c1-26-15-8-7-14-12-16-22(25)9-3-6-17-21(22,18(14)19(15)27-17)10-11-23(16)20(24)13-4-2-5-13/h7-8,13,16-17,25H,2-6,9-12H2,1H3/t16-,17+,21-,22?/m1/s1. The number of hydrogen-bond donors (Lipinski definition) is 1. The number of methoxy groups -OCH3 is 1. The van der Waals surface area contributed by atoms with Crippen LogP contribution in [0.1, 0.15) is 56.1 Å². The first-order chi connectivity index (χ1) is 13.1. The van der Waals surface area contributed by atoms with Crippen LogP contribution in [-0.2, 0) is 16.6 Å². The van der Waals surface area contributed by atoms with E-state index < -0.39 is 5.60 Å². The molecule has 0 aromatic heterocycles. The molecule has 2 saturated carbocycles. The van der Waals surface area contributed by atoms with Crippen LogP contribution in [0, 0.1) is 5.92 Å². The van der Waals surface area contributed by atoms with Gasteiger partial charge in [0.25, 0.3) is 0 Å².